The van der Waals surface area contributed by atoms with E-state index in [0.29, 0.717) is 6.42 Å². The number of hydrogen-bond acceptors (Lipinski definition) is 7. The summed E-state index contributed by atoms with van der Waals surface area (Å²) in [7, 11) is 0. The molecule has 0 spiro atoms. The lowest BCUT2D eigenvalue weighted by molar-refractivity contribution is -0.385. The van der Waals surface area contributed by atoms with Crippen LogP contribution in [-0.4, -0.2) is 31.5 Å². The summed E-state index contributed by atoms with van der Waals surface area (Å²) in [5.41, 5.74) is 4.13. The summed E-state index contributed by atoms with van der Waals surface area (Å²) < 4.78 is 2.02. The van der Waals surface area contributed by atoms with Crippen molar-refractivity contribution in [3.05, 3.63) is 95.5 Å². The minimum atomic E-state index is -0.852. The third-order valence-corrected chi connectivity index (χ3v) is 4.90. The van der Waals surface area contributed by atoms with Crippen LogP contribution in [0, 0.1) is 10.1 Å². The van der Waals surface area contributed by atoms with Crippen molar-refractivity contribution in [2.75, 3.05) is 17.2 Å². The highest BCUT2D eigenvalue weighted by Gasteiger charge is 2.24. The van der Waals surface area contributed by atoms with E-state index in [2.05, 4.69) is 4.98 Å². The normalized spacial score (nSPS) is 10.7. The number of nitrogens with two attached hydrogens (primary N) is 1. The van der Waals surface area contributed by atoms with Crippen molar-refractivity contribution < 1.29 is 9.72 Å². The molecule has 3 N–H and O–H groups in total. The zero-order chi connectivity index (χ0) is 24.1. The largest absolute Gasteiger partial charge is 0.383 e. The maximum Gasteiger partial charge on any atom is 0.330 e. The van der Waals surface area contributed by atoms with Crippen molar-refractivity contribution in [3.63, 3.8) is 0 Å². The molecule has 0 fully saturated rings. The molecule has 3 aromatic rings. The molecule has 1 aromatic carbocycles. The average molecular weight is 454 g/mol. The lowest BCUT2D eigenvalue weighted by Crippen LogP contribution is -2.43. The number of amides is 1. The predicted octanol–water partition coefficient (Wildman–Crippen LogP) is 0.680. The topological polar surface area (TPSA) is 166 Å². The summed E-state index contributed by atoms with van der Waals surface area (Å²) in [5.74, 6) is -0.901. The molecular weight excluding hydrogens is 432 g/mol. The molecule has 0 radical (unpaired) electrons. The molecule has 12 nitrogen and oxygen atoms in total. The van der Waals surface area contributed by atoms with Crippen LogP contribution in [0.1, 0.15) is 18.9 Å². The Balaban J connectivity index is 2.04. The van der Waals surface area contributed by atoms with E-state index in [0.717, 1.165) is 37.9 Å². The third-order valence-electron chi connectivity index (χ3n) is 4.90. The van der Waals surface area contributed by atoms with Crippen LogP contribution in [0.4, 0.5) is 17.2 Å². The van der Waals surface area contributed by atoms with Crippen molar-refractivity contribution in [2.24, 2.45) is 0 Å². The Morgan fingerprint density at radius 1 is 1.15 bits per heavy atom. The Labute approximate surface area is 186 Å². The summed E-state index contributed by atoms with van der Waals surface area (Å²) in [6.07, 6.45) is 1.39. The number of carbonyl (C=O) groups is 1. The number of pyridine rings is 1. The van der Waals surface area contributed by atoms with E-state index in [1.165, 1.54) is 0 Å². The van der Waals surface area contributed by atoms with E-state index >= 15 is 0 Å². The zero-order valence-electron chi connectivity index (χ0n) is 17.8. The number of nitro groups is 1. The lowest BCUT2D eigenvalue weighted by Gasteiger charge is -2.24. The van der Waals surface area contributed by atoms with Gasteiger partial charge in [-0.1, -0.05) is 37.3 Å². The number of rotatable bonds is 8. The minimum absolute atomic E-state index is 0.0633. The number of nitrogen functional groups attached to an aromatic ring is 1. The molecule has 0 saturated carbocycles. The van der Waals surface area contributed by atoms with Crippen LogP contribution in [0.5, 0.6) is 0 Å². The number of anilines is 2. The Morgan fingerprint density at radius 2 is 1.85 bits per heavy atom. The van der Waals surface area contributed by atoms with E-state index < -0.39 is 34.2 Å². The first-order valence-corrected chi connectivity index (χ1v) is 10.0. The number of aromatic amines is 1. The maximum atomic E-state index is 13.1. The van der Waals surface area contributed by atoms with Crippen molar-refractivity contribution in [2.45, 2.75) is 26.4 Å². The van der Waals surface area contributed by atoms with Crippen LogP contribution >= 0.6 is 0 Å². The highest BCUT2D eigenvalue weighted by atomic mass is 16.6. The van der Waals surface area contributed by atoms with Crippen LogP contribution in [-0.2, 0) is 17.9 Å². The quantitative estimate of drug-likeness (QED) is 0.373. The van der Waals surface area contributed by atoms with Gasteiger partial charge in [-0.15, -0.1) is 0 Å². The highest BCUT2D eigenvalue weighted by molar-refractivity contribution is 5.95. The molecule has 1 amide bonds. The van der Waals surface area contributed by atoms with Gasteiger partial charge in [-0.05, 0) is 12.0 Å². The molecular formula is C21H22N6O6. The van der Waals surface area contributed by atoms with Gasteiger partial charge in [0.25, 0.3) is 16.8 Å². The molecule has 3 rings (SSSR count). The van der Waals surface area contributed by atoms with E-state index in [-0.39, 0.29) is 30.3 Å². The fraction of sp³-hybridized carbons (Fsp3) is 0.238. The molecule has 0 saturated heterocycles. The number of nitrogens with one attached hydrogen (secondary N) is 1. The summed E-state index contributed by atoms with van der Waals surface area (Å²) in [5, 5.41) is 11.0. The van der Waals surface area contributed by atoms with Crippen molar-refractivity contribution >= 4 is 23.1 Å². The van der Waals surface area contributed by atoms with Gasteiger partial charge in [0, 0.05) is 18.7 Å². The van der Waals surface area contributed by atoms with Gasteiger partial charge in [-0.3, -0.25) is 38.6 Å². The van der Waals surface area contributed by atoms with Crippen LogP contribution in [0.25, 0.3) is 0 Å². The Bertz CT molecular complexity index is 1360. The zero-order valence-corrected chi connectivity index (χ0v) is 17.8. The predicted molar refractivity (Wildman–Crippen MR) is 121 cm³/mol. The molecule has 12 heteroatoms. The van der Waals surface area contributed by atoms with Crippen molar-refractivity contribution in [1.82, 2.24) is 14.1 Å². The smallest absolute Gasteiger partial charge is 0.330 e. The van der Waals surface area contributed by atoms with Gasteiger partial charge in [0.05, 0.1) is 17.7 Å². The molecule has 33 heavy (non-hydrogen) atoms. The fourth-order valence-electron chi connectivity index (χ4n) is 3.33. The van der Waals surface area contributed by atoms with Gasteiger partial charge in [-0.2, -0.15) is 0 Å². The summed E-state index contributed by atoms with van der Waals surface area (Å²) in [6.45, 7) is 1.34. The van der Waals surface area contributed by atoms with Gasteiger partial charge >= 0.3 is 5.69 Å². The first kappa shape index (κ1) is 23.2. The van der Waals surface area contributed by atoms with E-state index in [9.17, 15) is 29.3 Å². The molecule has 0 aliphatic carbocycles. The van der Waals surface area contributed by atoms with Crippen LogP contribution < -0.4 is 27.4 Å². The highest BCUT2D eigenvalue weighted by Crippen LogP contribution is 2.19. The van der Waals surface area contributed by atoms with Gasteiger partial charge in [0.15, 0.2) is 5.69 Å². The van der Waals surface area contributed by atoms with Crippen molar-refractivity contribution in [1.29, 1.82) is 0 Å². The summed E-state index contributed by atoms with van der Waals surface area (Å²) in [6, 6.07) is 11.0. The molecule has 0 atom stereocenters. The SMILES string of the molecule is CCCN(C(=O)Cn1cc([N+](=O)[O-])ccc1=O)c1c(N)n(Cc2ccccc2)c(=O)[nH]c1=O. The Hall–Kier alpha value is -4.48. The van der Waals surface area contributed by atoms with Crippen LogP contribution in [0.2, 0.25) is 0 Å². The number of H-pyrrole nitrogens is 1. The van der Waals surface area contributed by atoms with E-state index in [4.69, 9.17) is 5.73 Å². The number of aromatic nitrogens is 3. The first-order chi connectivity index (χ1) is 15.7. The number of hydrogen-bond donors (Lipinski definition) is 2. The Kier molecular flexibility index (Phi) is 6.86. The number of benzene rings is 1. The number of nitrogens with zero attached hydrogens (tertiary/aromatic N) is 4. The molecule has 0 aliphatic rings. The third kappa shape index (κ3) is 5.06. The summed E-state index contributed by atoms with van der Waals surface area (Å²) >= 11 is 0. The molecule has 0 aliphatic heterocycles. The second-order valence-corrected chi connectivity index (χ2v) is 7.22. The Morgan fingerprint density at radius 3 is 2.48 bits per heavy atom. The molecule has 0 unspecified atom stereocenters. The fourth-order valence-corrected chi connectivity index (χ4v) is 3.33. The van der Waals surface area contributed by atoms with Gasteiger partial charge in [0.1, 0.15) is 12.4 Å². The standard InChI is InChI=1S/C21H22N6O6/c1-2-10-25(17(29)13-24-12-15(27(32)33)8-9-16(24)28)18-19(22)26(21(31)23-20(18)30)11-14-6-4-3-5-7-14/h3-9,12H,2,10-11,13,22H2,1H3,(H,23,30,31). The van der Waals surface area contributed by atoms with E-state index in [1.54, 1.807) is 31.2 Å². The second kappa shape index (κ2) is 9.77. The molecule has 0 bridgehead atoms. The molecule has 2 aromatic heterocycles. The van der Waals surface area contributed by atoms with Gasteiger partial charge < -0.3 is 10.6 Å². The maximum absolute atomic E-state index is 13.1. The average Bonchev–Trinajstić information content (AvgIpc) is 2.78. The van der Waals surface area contributed by atoms with Gasteiger partial charge in [-0.25, -0.2) is 4.79 Å². The van der Waals surface area contributed by atoms with Gasteiger partial charge in [0.2, 0.25) is 5.91 Å². The number of carbonyl (C=O) groups excluding carboxylic acids is 1. The molecule has 172 valence electrons. The van der Waals surface area contributed by atoms with Crippen LogP contribution in [0.15, 0.2) is 63.0 Å². The first-order valence-electron chi connectivity index (χ1n) is 10.0. The van der Waals surface area contributed by atoms with Crippen LogP contribution in [0.3, 0.4) is 0 Å². The lowest BCUT2D eigenvalue weighted by atomic mass is 10.2. The monoisotopic (exact) mass is 454 g/mol. The van der Waals surface area contributed by atoms with Crippen molar-refractivity contribution in [3.8, 4) is 0 Å². The molecule has 2 heterocycles. The summed E-state index contributed by atoms with van der Waals surface area (Å²) in [4.78, 5) is 63.9. The second-order valence-electron chi connectivity index (χ2n) is 7.22. The minimum Gasteiger partial charge on any atom is -0.383 e. The van der Waals surface area contributed by atoms with E-state index in [1.807, 2.05) is 6.07 Å².